The summed E-state index contributed by atoms with van der Waals surface area (Å²) >= 11 is 0. The van der Waals surface area contributed by atoms with Crippen molar-refractivity contribution < 1.29 is 4.79 Å². The molecule has 0 aliphatic carbocycles. The second kappa shape index (κ2) is 8.52. The Morgan fingerprint density at radius 3 is 2.56 bits per heavy atom. The van der Waals surface area contributed by atoms with E-state index < -0.39 is 0 Å². The van der Waals surface area contributed by atoms with E-state index >= 15 is 0 Å². The van der Waals surface area contributed by atoms with Gasteiger partial charge in [-0.15, -0.1) is 0 Å². The Bertz CT molecular complexity index is 817. The number of nitrogens with one attached hydrogen (secondary N) is 2. The molecule has 3 aromatic rings. The standard InChI is InChI=1S/C22H26N2O/c1-2-3-6-17-9-11-18(12-10-17)15-22(25)23-14-13-19-16-24-21-8-5-4-7-20(19)21/h4-5,7-12,16,24H,2-3,6,13-15H2,1H3,(H,23,25). The lowest BCUT2D eigenvalue weighted by molar-refractivity contribution is -0.120. The molecule has 0 aliphatic rings. The molecule has 0 aliphatic heterocycles. The Balaban J connectivity index is 1.46. The zero-order chi connectivity index (χ0) is 17.5. The van der Waals surface area contributed by atoms with Crippen LogP contribution in [0.3, 0.4) is 0 Å². The van der Waals surface area contributed by atoms with Crippen LogP contribution in [0.2, 0.25) is 0 Å². The van der Waals surface area contributed by atoms with E-state index in [4.69, 9.17) is 0 Å². The molecular weight excluding hydrogens is 308 g/mol. The van der Waals surface area contributed by atoms with Crippen molar-refractivity contribution in [2.24, 2.45) is 0 Å². The maximum absolute atomic E-state index is 12.1. The fraction of sp³-hybridized carbons (Fsp3) is 0.318. The monoisotopic (exact) mass is 334 g/mol. The van der Waals surface area contributed by atoms with Crippen molar-refractivity contribution >= 4 is 16.8 Å². The third kappa shape index (κ3) is 4.72. The molecule has 1 aromatic heterocycles. The lowest BCUT2D eigenvalue weighted by Crippen LogP contribution is -2.27. The number of unbranched alkanes of at least 4 members (excludes halogenated alkanes) is 1. The first kappa shape index (κ1) is 17.3. The molecule has 0 radical (unpaired) electrons. The number of amides is 1. The van der Waals surface area contributed by atoms with Crippen molar-refractivity contribution in [3.05, 3.63) is 71.4 Å². The maximum atomic E-state index is 12.1. The van der Waals surface area contributed by atoms with Gasteiger partial charge in [-0.3, -0.25) is 4.79 Å². The molecule has 3 rings (SSSR count). The summed E-state index contributed by atoms with van der Waals surface area (Å²) in [5.74, 6) is 0.0844. The van der Waals surface area contributed by atoms with Gasteiger partial charge in [0.05, 0.1) is 6.42 Å². The SMILES string of the molecule is CCCCc1ccc(CC(=O)NCCc2c[nH]c3ccccc23)cc1. The van der Waals surface area contributed by atoms with Gasteiger partial charge in [0.1, 0.15) is 0 Å². The normalized spacial score (nSPS) is 10.9. The fourth-order valence-electron chi connectivity index (χ4n) is 3.13. The van der Waals surface area contributed by atoms with Crippen LogP contribution >= 0.6 is 0 Å². The van der Waals surface area contributed by atoms with Crippen LogP contribution < -0.4 is 5.32 Å². The molecule has 0 atom stereocenters. The van der Waals surface area contributed by atoms with Crippen LogP contribution in [0.15, 0.2) is 54.7 Å². The minimum atomic E-state index is 0.0844. The minimum absolute atomic E-state index is 0.0844. The summed E-state index contributed by atoms with van der Waals surface area (Å²) in [7, 11) is 0. The minimum Gasteiger partial charge on any atom is -0.361 e. The topological polar surface area (TPSA) is 44.9 Å². The van der Waals surface area contributed by atoms with E-state index in [-0.39, 0.29) is 5.91 Å². The largest absolute Gasteiger partial charge is 0.361 e. The van der Waals surface area contributed by atoms with E-state index in [2.05, 4.69) is 53.6 Å². The third-order valence-electron chi connectivity index (χ3n) is 4.60. The molecule has 130 valence electrons. The molecule has 1 amide bonds. The first-order valence-electron chi connectivity index (χ1n) is 9.16. The highest BCUT2D eigenvalue weighted by Crippen LogP contribution is 2.17. The average molecular weight is 334 g/mol. The second-order valence-corrected chi connectivity index (χ2v) is 6.56. The summed E-state index contributed by atoms with van der Waals surface area (Å²) < 4.78 is 0. The summed E-state index contributed by atoms with van der Waals surface area (Å²) in [5, 5.41) is 4.27. The van der Waals surface area contributed by atoms with Gasteiger partial charge in [0.2, 0.25) is 5.91 Å². The van der Waals surface area contributed by atoms with E-state index in [0.29, 0.717) is 13.0 Å². The molecule has 0 unspecified atom stereocenters. The molecule has 0 saturated carbocycles. The molecule has 2 aromatic carbocycles. The van der Waals surface area contributed by atoms with Crippen molar-refractivity contribution in [1.82, 2.24) is 10.3 Å². The van der Waals surface area contributed by atoms with Crippen LogP contribution in [0.4, 0.5) is 0 Å². The summed E-state index contributed by atoms with van der Waals surface area (Å²) in [6.45, 7) is 2.87. The van der Waals surface area contributed by atoms with Crippen molar-refractivity contribution in [3.63, 3.8) is 0 Å². The number of aromatic nitrogens is 1. The Morgan fingerprint density at radius 1 is 1.00 bits per heavy atom. The number of rotatable bonds is 8. The van der Waals surface area contributed by atoms with E-state index in [9.17, 15) is 4.79 Å². The predicted molar refractivity (Wildman–Crippen MR) is 104 cm³/mol. The van der Waals surface area contributed by atoms with Gasteiger partial charge in [-0.25, -0.2) is 0 Å². The first-order valence-corrected chi connectivity index (χ1v) is 9.16. The molecular formula is C22H26N2O. The Morgan fingerprint density at radius 2 is 1.76 bits per heavy atom. The van der Waals surface area contributed by atoms with Crippen molar-refractivity contribution in [1.29, 1.82) is 0 Å². The van der Waals surface area contributed by atoms with E-state index in [0.717, 1.165) is 23.9 Å². The van der Waals surface area contributed by atoms with Gasteiger partial charge in [-0.05, 0) is 42.0 Å². The molecule has 0 spiro atoms. The van der Waals surface area contributed by atoms with Gasteiger partial charge < -0.3 is 10.3 Å². The smallest absolute Gasteiger partial charge is 0.224 e. The van der Waals surface area contributed by atoms with Crippen LogP contribution in [0.25, 0.3) is 10.9 Å². The van der Waals surface area contributed by atoms with Gasteiger partial charge in [0.15, 0.2) is 0 Å². The number of hydrogen-bond donors (Lipinski definition) is 2. The van der Waals surface area contributed by atoms with Crippen LogP contribution in [0.5, 0.6) is 0 Å². The number of para-hydroxylation sites is 1. The molecule has 2 N–H and O–H groups in total. The zero-order valence-electron chi connectivity index (χ0n) is 14.8. The second-order valence-electron chi connectivity index (χ2n) is 6.56. The number of carbonyl (C=O) groups is 1. The van der Waals surface area contributed by atoms with Crippen molar-refractivity contribution in [2.75, 3.05) is 6.54 Å². The van der Waals surface area contributed by atoms with Crippen LogP contribution in [0.1, 0.15) is 36.5 Å². The summed E-state index contributed by atoms with van der Waals surface area (Å²) in [5.41, 5.74) is 4.82. The average Bonchev–Trinajstić information content (AvgIpc) is 3.04. The molecule has 1 heterocycles. The van der Waals surface area contributed by atoms with Gasteiger partial charge >= 0.3 is 0 Å². The lowest BCUT2D eigenvalue weighted by Gasteiger charge is -2.06. The molecule has 0 fully saturated rings. The predicted octanol–water partition coefficient (Wildman–Crippen LogP) is 4.41. The van der Waals surface area contributed by atoms with Crippen molar-refractivity contribution in [3.8, 4) is 0 Å². The fourth-order valence-corrected chi connectivity index (χ4v) is 3.13. The van der Waals surface area contributed by atoms with E-state index in [1.165, 1.54) is 29.4 Å². The van der Waals surface area contributed by atoms with Gasteiger partial charge in [-0.2, -0.15) is 0 Å². The molecule has 3 heteroatoms. The van der Waals surface area contributed by atoms with E-state index in [1.54, 1.807) is 0 Å². The highest BCUT2D eigenvalue weighted by atomic mass is 16.1. The van der Waals surface area contributed by atoms with Gasteiger partial charge in [0.25, 0.3) is 0 Å². The molecule has 0 bridgehead atoms. The first-order chi connectivity index (χ1) is 12.3. The van der Waals surface area contributed by atoms with Crippen LogP contribution in [-0.4, -0.2) is 17.4 Å². The van der Waals surface area contributed by atoms with Crippen LogP contribution in [-0.2, 0) is 24.1 Å². The van der Waals surface area contributed by atoms with Crippen LogP contribution in [0, 0.1) is 0 Å². The number of aryl methyl sites for hydroxylation is 1. The molecule has 3 nitrogen and oxygen atoms in total. The Kier molecular flexibility index (Phi) is 5.89. The summed E-state index contributed by atoms with van der Waals surface area (Å²) in [4.78, 5) is 15.4. The number of H-pyrrole nitrogens is 1. The molecule has 0 saturated heterocycles. The number of carbonyl (C=O) groups excluding carboxylic acids is 1. The molecule has 25 heavy (non-hydrogen) atoms. The third-order valence-corrected chi connectivity index (χ3v) is 4.60. The summed E-state index contributed by atoms with van der Waals surface area (Å²) in [6, 6.07) is 16.7. The van der Waals surface area contributed by atoms with E-state index in [1.807, 2.05) is 18.3 Å². The highest BCUT2D eigenvalue weighted by Gasteiger charge is 2.06. The number of hydrogen-bond acceptors (Lipinski definition) is 1. The lowest BCUT2D eigenvalue weighted by atomic mass is 10.0. The Labute approximate surface area is 149 Å². The zero-order valence-corrected chi connectivity index (χ0v) is 14.8. The number of benzene rings is 2. The Hall–Kier alpha value is -2.55. The number of aromatic amines is 1. The maximum Gasteiger partial charge on any atom is 0.224 e. The van der Waals surface area contributed by atoms with Gasteiger partial charge in [-0.1, -0.05) is 55.8 Å². The summed E-state index contributed by atoms with van der Waals surface area (Å²) in [6.07, 6.45) is 6.86. The van der Waals surface area contributed by atoms with Crippen molar-refractivity contribution in [2.45, 2.75) is 39.0 Å². The highest BCUT2D eigenvalue weighted by molar-refractivity contribution is 5.83. The quantitative estimate of drug-likeness (QED) is 0.629. The van der Waals surface area contributed by atoms with Gasteiger partial charge in [0, 0.05) is 23.6 Å². The number of fused-ring (bicyclic) bond motifs is 1.